The van der Waals surface area contributed by atoms with Crippen LogP contribution in [0.4, 0.5) is 0 Å². The Morgan fingerprint density at radius 3 is 2.43 bits per heavy atom. The Morgan fingerprint density at radius 1 is 1.43 bits per heavy atom. The molecule has 0 aliphatic carbocycles. The molecule has 0 atom stereocenters. The number of rotatable bonds is 3. The highest BCUT2D eigenvalue weighted by molar-refractivity contribution is 5.86. The maximum Gasteiger partial charge on any atom is 0.331 e. The zero-order chi connectivity index (χ0) is 10.6. The number of aliphatic carboxylic acids is 1. The van der Waals surface area contributed by atoms with Crippen molar-refractivity contribution in [2.75, 3.05) is 0 Å². The second-order valence-electron chi connectivity index (χ2n) is 2.89. The van der Waals surface area contributed by atoms with Crippen LogP contribution in [0.2, 0.25) is 0 Å². The van der Waals surface area contributed by atoms with E-state index in [9.17, 15) is 4.79 Å². The van der Waals surface area contributed by atoms with E-state index in [2.05, 4.69) is 6.58 Å². The Morgan fingerprint density at radius 2 is 2.00 bits per heavy atom. The third-order valence-electron chi connectivity index (χ3n) is 1.80. The molecular formula is C11H9NO2. The van der Waals surface area contributed by atoms with Gasteiger partial charge in [-0.25, -0.2) is 4.79 Å². The van der Waals surface area contributed by atoms with Crippen molar-refractivity contribution >= 4 is 5.97 Å². The predicted octanol–water partition coefficient (Wildman–Crippen LogP) is 1.74. The lowest BCUT2D eigenvalue weighted by Crippen LogP contribution is -2.01. The topological polar surface area (TPSA) is 61.1 Å². The van der Waals surface area contributed by atoms with Crippen molar-refractivity contribution in [3.63, 3.8) is 0 Å². The zero-order valence-electron chi connectivity index (χ0n) is 7.53. The molecule has 0 saturated heterocycles. The predicted molar refractivity (Wildman–Crippen MR) is 51.6 cm³/mol. The molecule has 0 aliphatic heterocycles. The second-order valence-corrected chi connectivity index (χ2v) is 2.89. The van der Waals surface area contributed by atoms with Crippen LogP contribution in [0.5, 0.6) is 0 Å². The average Bonchev–Trinajstić information content (AvgIpc) is 2.19. The van der Waals surface area contributed by atoms with Gasteiger partial charge in [-0.3, -0.25) is 0 Å². The van der Waals surface area contributed by atoms with Crippen molar-refractivity contribution in [2.24, 2.45) is 0 Å². The highest BCUT2D eigenvalue weighted by Crippen LogP contribution is 2.08. The van der Waals surface area contributed by atoms with Gasteiger partial charge in [0.1, 0.15) is 0 Å². The Kier molecular flexibility index (Phi) is 3.03. The lowest BCUT2D eigenvalue weighted by atomic mass is 10.1. The average molecular weight is 187 g/mol. The largest absolute Gasteiger partial charge is 0.478 e. The molecule has 14 heavy (non-hydrogen) atoms. The first-order valence-electron chi connectivity index (χ1n) is 4.03. The minimum Gasteiger partial charge on any atom is -0.478 e. The van der Waals surface area contributed by atoms with E-state index in [1.807, 2.05) is 6.07 Å². The van der Waals surface area contributed by atoms with Gasteiger partial charge in [-0.05, 0) is 17.7 Å². The Hall–Kier alpha value is -2.08. The molecule has 1 aromatic rings. The van der Waals surface area contributed by atoms with Gasteiger partial charge in [-0.2, -0.15) is 5.26 Å². The molecule has 0 spiro atoms. The molecule has 0 unspecified atom stereocenters. The lowest BCUT2D eigenvalue weighted by Gasteiger charge is -2.00. The van der Waals surface area contributed by atoms with Gasteiger partial charge < -0.3 is 5.11 Å². The number of nitrogens with zero attached hydrogens (tertiary/aromatic N) is 1. The highest BCUT2D eigenvalue weighted by atomic mass is 16.4. The smallest absolute Gasteiger partial charge is 0.331 e. The van der Waals surface area contributed by atoms with Gasteiger partial charge in [0.2, 0.25) is 0 Å². The van der Waals surface area contributed by atoms with Crippen LogP contribution in [0.1, 0.15) is 11.1 Å². The summed E-state index contributed by atoms with van der Waals surface area (Å²) in [6, 6.07) is 8.76. The quantitative estimate of drug-likeness (QED) is 0.733. The summed E-state index contributed by atoms with van der Waals surface area (Å²) >= 11 is 0. The summed E-state index contributed by atoms with van der Waals surface area (Å²) in [5, 5.41) is 17.1. The normalized spacial score (nSPS) is 9.07. The standard InChI is InChI=1S/C11H9NO2/c1-8(11(13)14)6-9-2-4-10(7-12)5-3-9/h2-5H,1,6H2,(H,13,14). The van der Waals surface area contributed by atoms with E-state index < -0.39 is 5.97 Å². The lowest BCUT2D eigenvalue weighted by molar-refractivity contribution is -0.132. The molecule has 1 aromatic carbocycles. The fourth-order valence-corrected chi connectivity index (χ4v) is 1.02. The maximum absolute atomic E-state index is 10.5. The molecule has 0 bridgehead atoms. The first-order valence-corrected chi connectivity index (χ1v) is 4.03. The summed E-state index contributed by atoms with van der Waals surface area (Å²) in [7, 11) is 0. The molecule has 0 heterocycles. The highest BCUT2D eigenvalue weighted by Gasteiger charge is 2.04. The third kappa shape index (κ3) is 2.46. The number of hydrogen-bond donors (Lipinski definition) is 1. The Balaban J connectivity index is 2.75. The van der Waals surface area contributed by atoms with Gasteiger partial charge in [-0.1, -0.05) is 18.7 Å². The summed E-state index contributed by atoms with van der Waals surface area (Å²) in [6.07, 6.45) is 0.307. The van der Waals surface area contributed by atoms with E-state index in [1.54, 1.807) is 24.3 Å². The summed E-state index contributed by atoms with van der Waals surface area (Å²) < 4.78 is 0. The van der Waals surface area contributed by atoms with E-state index in [1.165, 1.54) is 0 Å². The van der Waals surface area contributed by atoms with Gasteiger partial charge >= 0.3 is 5.97 Å². The summed E-state index contributed by atoms with van der Waals surface area (Å²) in [6.45, 7) is 3.43. The van der Waals surface area contributed by atoms with E-state index in [-0.39, 0.29) is 5.57 Å². The molecule has 0 saturated carbocycles. The molecule has 0 amide bonds. The van der Waals surface area contributed by atoms with Crippen LogP contribution in [0.25, 0.3) is 0 Å². The Bertz CT molecular complexity index is 398. The molecule has 1 N–H and O–H groups in total. The first kappa shape index (κ1) is 10.0. The van der Waals surface area contributed by atoms with Crippen LogP contribution in [0.3, 0.4) is 0 Å². The molecule has 0 fully saturated rings. The maximum atomic E-state index is 10.5. The van der Waals surface area contributed by atoms with Crippen LogP contribution in [0, 0.1) is 11.3 Å². The monoisotopic (exact) mass is 187 g/mol. The number of carboxylic acids is 1. The van der Waals surface area contributed by atoms with Crippen LogP contribution < -0.4 is 0 Å². The summed E-state index contributed by atoms with van der Waals surface area (Å²) in [5.41, 5.74) is 1.56. The van der Waals surface area contributed by atoms with Crippen molar-refractivity contribution in [2.45, 2.75) is 6.42 Å². The molecule has 1 rings (SSSR count). The van der Waals surface area contributed by atoms with Crippen LogP contribution in [-0.4, -0.2) is 11.1 Å². The van der Waals surface area contributed by atoms with Gasteiger partial charge in [0, 0.05) is 12.0 Å². The summed E-state index contributed by atoms with van der Waals surface area (Å²) in [4.78, 5) is 10.5. The molecule has 0 aromatic heterocycles. The van der Waals surface area contributed by atoms with Crippen LogP contribution in [0.15, 0.2) is 36.4 Å². The van der Waals surface area contributed by atoms with E-state index in [4.69, 9.17) is 10.4 Å². The van der Waals surface area contributed by atoms with Crippen molar-refractivity contribution in [3.8, 4) is 6.07 Å². The fourth-order valence-electron chi connectivity index (χ4n) is 1.02. The van der Waals surface area contributed by atoms with Gasteiger partial charge in [0.25, 0.3) is 0 Å². The molecule has 0 radical (unpaired) electrons. The fraction of sp³-hybridized carbons (Fsp3) is 0.0909. The number of nitriles is 1. The molecular weight excluding hydrogens is 178 g/mol. The molecule has 3 heteroatoms. The van der Waals surface area contributed by atoms with Crippen molar-refractivity contribution < 1.29 is 9.90 Å². The molecule has 0 aliphatic rings. The van der Waals surface area contributed by atoms with Crippen molar-refractivity contribution in [1.82, 2.24) is 0 Å². The molecule has 70 valence electrons. The van der Waals surface area contributed by atoms with Gasteiger partial charge in [0.05, 0.1) is 11.6 Å². The van der Waals surface area contributed by atoms with Crippen LogP contribution >= 0.6 is 0 Å². The zero-order valence-corrected chi connectivity index (χ0v) is 7.53. The minimum atomic E-state index is -0.991. The van der Waals surface area contributed by atoms with E-state index in [0.717, 1.165) is 5.56 Å². The number of carboxylic acid groups (broad SMARTS) is 1. The van der Waals surface area contributed by atoms with E-state index >= 15 is 0 Å². The second kappa shape index (κ2) is 4.24. The minimum absolute atomic E-state index is 0.148. The van der Waals surface area contributed by atoms with E-state index in [0.29, 0.717) is 12.0 Å². The van der Waals surface area contributed by atoms with Crippen LogP contribution in [-0.2, 0) is 11.2 Å². The molecule has 3 nitrogen and oxygen atoms in total. The van der Waals surface area contributed by atoms with Crippen molar-refractivity contribution in [1.29, 1.82) is 5.26 Å². The summed E-state index contributed by atoms with van der Waals surface area (Å²) in [5.74, 6) is -0.991. The Labute approximate surface area is 81.9 Å². The van der Waals surface area contributed by atoms with Crippen molar-refractivity contribution in [3.05, 3.63) is 47.5 Å². The number of hydrogen-bond acceptors (Lipinski definition) is 2. The van der Waals surface area contributed by atoms with Gasteiger partial charge in [0.15, 0.2) is 0 Å². The third-order valence-corrected chi connectivity index (χ3v) is 1.80. The number of carbonyl (C=O) groups is 1. The first-order chi connectivity index (χ1) is 6.63. The number of benzene rings is 1. The SMILES string of the molecule is C=C(Cc1ccc(C#N)cc1)C(=O)O. The van der Waals surface area contributed by atoms with Gasteiger partial charge in [-0.15, -0.1) is 0 Å².